The SMILES string of the molecule is C=C(C)C(=O)Nc1ccc(-c2c(C3=CC[C@@H](C(=O)NCC(C)(C)OC)CC3)c3c(N)ncnc3n2C)cc1. The lowest BCUT2D eigenvalue weighted by Gasteiger charge is -2.26. The number of amides is 2. The highest BCUT2D eigenvalue weighted by Gasteiger charge is 2.28. The summed E-state index contributed by atoms with van der Waals surface area (Å²) in [5, 5.41) is 6.68. The van der Waals surface area contributed by atoms with E-state index in [9.17, 15) is 9.59 Å². The van der Waals surface area contributed by atoms with Gasteiger partial charge < -0.3 is 25.7 Å². The number of nitrogens with one attached hydrogen (secondary N) is 2. The minimum atomic E-state index is -0.413. The van der Waals surface area contributed by atoms with Crippen molar-refractivity contribution in [2.75, 3.05) is 24.7 Å². The highest BCUT2D eigenvalue weighted by Crippen LogP contribution is 2.42. The molecule has 1 aliphatic rings. The van der Waals surface area contributed by atoms with E-state index in [-0.39, 0.29) is 17.7 Å². The number of anilines is 2. The van der Waals surface area contributed by atoms with E-state index in [0.717, 1.165) is 46.3 Å². The van der Waals surface area contributed by atoms with Gasteiger partial charge in [-0.15, -0.1) is 0 Å². The predicted molar refractivity (Wildman–Crippen MR) is 151 cm³/mol. The molecule has 200 valence electrons. The molecule has 4 rings (SSSR count). The monoisotopic (exact) mass is 516 g/mol. The fraction of sp³-hybridized carbons (Fsp3) is 0.379. The zero-order chi connectivity index (χ0) is 27.6. The molecule has 4 N–H and O–H groups in total. The first-order chi connectivity index (χ1) is 18.0. The fourth-order valence-electron chi connectivity index (χ4n) is 4.69. The summed E-state index contributed by atoms with van der Waals surface area (Å²) in [5.74, 6) is 0.135. The maximum atomic E-state index is 12.8. The maximum Gasteiger partial charge on any atom is 0.250 e. The highest BCUT2D eigenvalue weighted by molar-refractivity contribution is 6.05. The summed E-state index contributed by atoms with van der Waals surface area (Å²) in [5.41, 5.74) is 11.8. The molecule has 0 saturated carbocycles. The second-order valence-corrected chi connectivity index (χ2v) is 10.4. The topological polar surface area (TPSA) is 124 Å². The van der Waals surface area contributed by atoms with E-state index >= 15 is 0 Å². The Morgan fingerprint density at radius 2 is 1.95 bits per heavy atom. The first-order valence-electron chi connectivity index (χ1n) is 12.7. The van der Waals surface area contributed by atoms with E-state index in [1.807, 2.05) is 49.7 Å². The Balaban J connectivity index is 1.68. The number of hydrogen-bond acceptors (Lipinski definition) is 6. The molecule has 0 saturated heterocycles. The van der Waals surface area contributed by atoms with Crippen molar-refractivity contribution in [3.05, 3.63) is 54.4 Å². The Morgan fingerprint density at radius 1 is 1.24 bits per heavy atom. The van der Waals surface area contributed by atoms with Crippen LogP contribution < -0.4 is 16.4 Å². The van der Waals surface area contributed by atoms with Gasteiger partial charge in [-0.3, -0.25) is 9.59 Å². The molecule has 2 amide bonds. The molecule has 0 aliphatic heterocycles. The quantitative estimate of drug-likeness (QED) is 0.380. The number of allylic oxidation sites excluding steroid dienone is 2. The third-order valence-electron chi connectivity index (χ3n) is 7.14. The van der Waals surface area contributed by atoms with Crippen LogP contribution in [0.5, 0.6) is 0 Å². The molecule has 1 aromatic carbocycles. The maximum absolute atomic E-state index is 12.8. The molecule has 1 atom stereocenters. The van der Waals surface area contributed by atoms with Crippen molar-refractivity contribution in [2.24, 2.45) is 13.0 Å². The minimum absolute atomic E-state index is 0.0406. The van der Waals surface area contributed by atoms with Gasteiger partial charge in [-0.05, 0) is 63.3 Å². The van der Waals surface area contributed by atoms with Crippen molar-refractivity contribution in [3.63, 3.8) is 0 Å². The summed E-state index contributed by atoms with van der Waals surface area (Å²) < 4.78 is 7.44. The molecule has 1 aliphatic carbocycles. The van der Waals surface area contributed by atoms with Crippen molar-refractivity contribution < 1.29 is 14.3 Å². The van der Waals surface area contributed by atoms with Crippen LogP contribution in [0.1, 0.15) is 45.6 Å². The van der Waals surface area contributed by atoms with Gasteiger partial charge in [-0.2, -0.15) is 0 Å². The molecule has 38 heavy (non-hydrogen) atoms. The lowest BCUT2D eigenvalue weighted by molar-refractivity contribution is -0.126. The summed E-state index contributed by atoms with van der Waals surface area (Å²) in [7, 11) is 3.60. The fourth-order valence-corrected chi connectivity index (χ4v) is 4.69. The smallest absolute Gasteiger partial charge is 0.250 e. The number of nitrogen functional groups attached to an aromatic ring is 1. The average Bonchev–Trinajstić information content (AvgIpc) is 3.21. The van der Waals surface area contributed by atoms with E-state index < -0.39 is 5.60 Å². The Hall–Kier alpha value is -3.98. The normalized spacial score (nSPS) is 15.7. The largest absolute Gasteiger partial charge is 0.383 e. The Bertz CT molecular complexity index is 1420. The van der Waals surface area contributed by atoms with Crippen LogP contribution in [0.25, 0.3) is 27.9 Å². The van der Waals surface area contributed by atoms with E-state index in [2.05, 4.69) is 33.3 Å². The predicted octanol–water partition coefficient (Wildman–Crippen LogP) is 4.46. The van der Waals surface area contributed by atoms with Crippen LogP contribution in [0, 0.1) is 5.92 Å². The average molecular weight is 517 g/mol. The Kier molecular flexibility index (Phi) is 7.68. The summed E-state index contributed by atoms with van der Waals surface area (Å²) in [6.07, 6.45) is 5.68. The van der Waals surface area contributed by atoms with Crippen molar-refractivity contribution >= 4 is 39.9 Å². The molecule has 9 nitrogen and oxygen atoms in total. The number of benzene rings is 1. The number of carbonyl (C=O) groups is 2. The third-order valence-corrected chi connectivity index (χ3v) is 7.14. The van der Waals surface area contributed by atoms with Gasteiger partial charge in [0.05, 0.1) is 16.7 Å². The molecule has 0 radical (unpaired) electrons. The second-order valence-electron chi connectivity index (χ2n) is 10.4. The van der Waals surface area contributed by atoms with Gasteiger partial charge in [0.1, 0.15) is 17.8 Å². The van der Waals surface area contributed by atoms with Gasteiger partial charge in [0, 0.05) is 43.4 Å². The Labute approximate surface area is 223 Å². The molecule has 2 heterocycles. The molecule has 0 bridgehead atoms. The lowest BCUT2D eigenvalue weighted by atomic mass is 9.84. The summed E-state index contributed by atoms with van der Waals surface area (Å²) in [6.45, 7) is 9.71. The molecule has 3 aromatic rings. The van der Waals surface area contributed by atoms with Gasteiger partial charge >= 0.3 is 0 Å². The highest BCUT2D eigenvalue weighted by atomic mass is 16.5. The van der Waals surface area contributed by atoms with Crippen LogP contribution in [-0.2, 0) is 21.4 Å². The van der Waals surface area contributed by atoms with E-state index in [1.165, 1.54) is 6.33 Å². The number of hydrogen-bond donors (Lipinski definition) is 3. The number of ether oxygens (including phenoxy) is 1. The van der Waals surface area contributed by atoms with E-state index in [4.69, 9.17) is 10.5 Å². The number of carbonyl (C=O) groups excluding carboxylic acids is 2. The van der Waals surface area contributed by atoms with Gasteiger partial charge in [-0.1, -0.05) is 24.8 Å². The van der Waals surface area contributed by atoms with Gasteiger partial charge in [0.2, 0.25) is 5.91 Å². The zero-order valence-electron chi connectivity index (χ0n) is 22.7. The number of rotatable bonds is 8. The molecule has 2 aromatic heterocycles. The van der Waals surface area contributed by atoms with Crippen molar-refractivity contribution in [1.29, 1.82) is 0 Å². The molecular weight excluding hydrogens is 480 g/mol. The minimum Gasteiger partial charge on any atom is -0.383 e. The number of nitrogens with zero attached hydrogens (tertiary/aromatic N) is 3. The number of methoxy groups -OCH3 is 1. The zero-order valence-corrected chi connectivity index (χ0v) is 22.7. The summed E-state index contributed by atoms with van der Waals surface area (Å²) in [6, 6.07) is 7.66. The summed E-state index contributed by atoms with van der Waals surface area (Å²) >= 11 is 0. The van der Waals surface area contributed by atoms with Crippen LogP contribution >= 0.6 is 0 Å². The van der Waals surface area contributed by atoms with Gasteiger partial charge in [-0.25, -0.2) is 9.97 Å². The summed E-state index contributed by atoms with van der Waals surface area (Å²) in [4.78, 5) is 33.7. The van der Waals surface area contributed by atoms with Gasteiger partial charge in [0.15, 0.2) is 0 Å². The number of nitrogens with two attached hydrogens (primary N) is 1. The number of aromatic nitrogens is 3. The van der Waals surface area contributed by atoms with Crippen LogP contribution in [0.3, 0.4) is 0 Å². The number of aryl methyl sites for hydroxylation is 1. The van der Waals surface area contributed by atoms with Crippen molar-refractivity contribution in [1.82, 2.24) is 19.9 Å². The third kappa shape index (κ3) is 5.47. The van der Waals surface area contributed by atoms with Crippen LogP contribution in [0.15, 0.2) is 48.8 Å². The molecule has 9 heteroatoms. The van der Waals surface area contributed by atoms with Crippen LogP contribution in [-0.4, -0.2) is 45.6 Å². The molecule has 0 fully saturated rings. The van der Waals surface area contributed by atoms with Crippen molar-refractivity contribution in [2.45, 2.75) is 45.6 Å². The lowest BCUT2D eigenvalue weighted by Crippen LogP contribution is -2.42. The second kappa shape index (κ2) is 10.8. The van der Waals surface area contributed by atoms with Gasteiger partial charge in [0.25, 0.3) is 5.91 Å². The van der Waals surface area contributed by atoms with E-state index in [0.29, 0.717) is 30.0 Å². The molecule has 0 unspecified atom stereocenters. The van der Waals surface area contributed by atoms with Crippen LogP contribution in [0.4, 0.5) is 11.5 Å². The molecular formula is C29H36N6O3. The standard InChI is InChI=1S/C29H36N6O3/c1-17(2)27(36)34-21-13-11-19(12-14-21)24-22(23-25(30)32-16-33-26(23)35(24)5)18-7-9-20(10-8-18)28(37)31-15-29(3,4)38-6/h7,11-14,16,20H,1,8-10,15H2,2-6H3,(H,31,37)(H,34,36)(H2,30,32,33)/t20-/m1/s1. The molecule has 0 spiro atoms. The Morgan fingerprint density at radius 3 is 2.55 bits per heavy atom. The van der Waals surface area contributed by atoms with Crippen LogP contribution in [0.2, 0.25) is 0 Å². The number of fused-ring (bicyclic) bond motifs is 1. The van der Waals surface area contributed by atoms with Crippen molar-refractivity contribution in [3.8, 4) is 11.3 Å². The first-order valence-corrected chi connectivity index (χ1v) is 12.7. The first kappa shape index (κ1) is 27.1. The van der Waals surface area contributed by atoms with E-state index in [1.54, 1.807) is 14.0 Å².